The molecule has 0 saturated carbocycles. The van der Waals surface area contributed by atoms with Gasteiger partial charge in [-0.1, -0.05) is 13.8 Å². The summed E-state index contributed by atoms with van der Waals surface area (Å²) in [7, 11) is 0. The number of ether oxygens (including phenoxy) is 1. The second-order valence-electron chi connectivity index (χ2n) is 7.49. The predicted molar refractivity (Wildman–Crippen MR) is 109 cm³/mol. The van der Waals surface area contributed by atoms with E-state index < -0.39 is 24.3 Å². The van der Waals surface area contributed by atoms with Crippen LogP contribution in [0.4, 0.5) is 0 Å². The number of carbonyl (C=O) groups is 2. The average Bonchev–Trinajstić information content (AvgIpc) is 3.04. The summed E-state index contributed by atoms with van der Waals surface area (Å²) in [6.07, 6.45) is -0.110. The van der Waals surface area contributed by atoms with Gasteiger partial charge < -0.3 is 25.5 Å². The minimum absolute atomic E-state index is 0.155. The highest BCUT2D eigenvalue weighted by molar-refractivity contribution is 7.71. The van der Waals surface area contributed by atoms with Crippen LogP contribution < -0.4 is 16.2 Å². The monoisotopic (exact) mass is 420 g/mol. The molecule has 3 atom stereocenters. The Morgan fingerprint density at radius 2 is 2.10 bits per heavy atom. The van der Waals surface area contributed by atoms with E-state index in [-0.39, 0.29) is 22.2 Å². The van der Waals surface area contributed by atoms with Gasteiger partial charge in [-0.3, -0.25) is 19.4 Å². The van der Waals surface area contributed by atoms with E-state index in [1.54, 1.807) is 0 Å². The van der Waals surface area contributed by atoms with Gasteiger partial charge in [0.1, 0.15) is 6.04 Å². The Kier molecular flexibility index (Phi) is 6.46. The Labute approximate surface area is 171 Å². The van der Waals surface area contributed by atoms with E-state index >= 15 is 0 Å². The van der Waals surface area contributed by atoms with Crippen molar-refractivity contribution in [2.45, 2.75) is 45.1 Å². The van der Waals surface area contributed by atoms with Gasteiger partial charge in [-0.05, 0) is 49.2 Å². The summed E-state index contributed by atoms with van der Waals surface area (Å²) in [6.45, 7) is 4.26. The van der Waals surface area contributed by atoms with Crippen molar-refractivity contribution >= 4 is 34.9 Å². The number of H-pyrrole nitrogens is 2. The molecule has 156 valence electrons. The van der Waals surface area contributed by atoms with Crippen molar-refractivity contribution in [2.75, 3.05) is 6.61 Å². The summed E-state index contributed by atoms with van der Waals surface area (Å²) in [5.74, 6) is -0.671. The van der Waals surface area contributed by atoms with E-state index in [1.165, 1.54) is 18.2 Å². The van der Waals surface area contributed by atoms with Crippen LogP contribution >= 0.6 is 12.2 Å². The highest BCUT2D eigenvalue weighted by Crippen LogP contribution is 2.14. The first kappa shape index (κ1) is 21.2. The third-order valence-electron chi connectivity index (χ3n) is 4.72. The minimum Gasteiger partial charge on any atom is -0.366 e. The van der Waals surface area contributed by atoms with Crippen LogP contribution in [-0.4, -0.2) is 51.9 Å². The van der Waals surface area contributed by atoms with Crippen molar-refractivity contribution in [3.63, 3.8) is 0 Å². The summed E-state index contributed by atoms with van der Waals surface area (Å²) in [6, 6.07) is 3.29. The fourth-order valence-electron chi connectivity index (χ4n) is 3.26. The largest absolute Gasteiger partial charge is 0.366 e. The molecule has 29 heavy (non-hydrogen) atoms. The molecule has 1 aromatic heterocycles. The van der Waals surface area contributed by atoms with Gasteiger partial charge in [-0.25, -0.2) is 0 Å². The molecule has 1 fully saturated rings. The predicted octanol–water partition coefficient (Wildman–Crippen LogP) is 0.954. The van der Waals surface area contributed by atoms with Crippen molar-refractivity contribution < 1.29 is 19.4 Å². The number of aromatic amines is 2. The molecule has 3 rings (SSSR count). The van der Waals surface area contributed by atoms with Crippen LogP contribution in [0.1, 0.15) is 37.0 Å². The van der Waals surface area contributed by atoms with Gasteiger partial charge in [0.2, 0.25) is 5.91 Å². The maximum atomic E-state index is 12.8. The fraction of sp³-hybridized carbons (Fsp3) is 0.474. The van der Waals surface area contributed by atoms with Crippen LogP contribution in [0.2, 0.25) is 0 Å². The number of hydrogen-bond donors (Lipinski definition) is 5. The van der Waals surface area contributed by atoms with Crippen LogP contribution in [0.3, 0.4) is 0 Å². The van der Waals surface area contributed by atoms with Gasteiger partial charge in [-0.2, -0.15) is 0 Å². The molecule has 1 aliphatic rings. The van der Waals surface area contributed by atoms with Gasteiger partial charge in [-0.15, -0.1) is 0 Å². The average molecular weight is 420 g/mol. The molecule has 1 aliphatic heterocycles. The lowest BCUT2D eigenvalue weighted by atomic mass is 10.0. The summed E-state index contributed by atoms with van der Waals surface area (Å²) in [5.41, 5.74) is 0.382. The van der Waals surface area contributed by atoms with E-state index in [4.69, 9.17) is 17.0 Å². The lowest BCUT2D eigenvalue weighted by Crippen LogP contribution is -2.51. The van der Waals surface area contributed by atoms with Crippen LogP contribution in [0.15, 0.2) is 23.0 Å². The highest BCUT2D eigenvalue weighted by Gasteiger charge is 2.31. The van der Waals surface area contributed by atoms with E-state index in [9.17, 15) is 19.5 Å². The lowest BCUT2D eigenvalue weighted by molar-refractivity contribution is -0.127. The van der Waals surface area contributed by atoms with E-state index in [1.807, 2.05) is 13.8 Å². The SMILES string of the molecule is CC(C)CC(NC(=O)c1ccc2c(=O)[nH]c(=S)[nH]c2c1)C(=O)N[C@H]1CCO[C@@H]1O. The first-order valence-corrected chi connectivity index (χ1v) is 9.82. The van der Waals surface area contributed by atoms with E-state index in [0.717, 1.165) is 0 Å². The number of hydrogen-bond acceptors (Lipinski definition) is 6. The van der Waals surface area contributed by atoms with Crippen LogP contribution in [-0.2, 0) is 9.53 Å². The zero-order valence-electron chi connectivity index (χ0n) is 16.2. The number of rotatable bonds is 6. The van der Waals surface area contributed by atoms with Crippen LogP contribution in [0.25, 0.3) is 10.9 Å². The number of aliphatic hydroxyl groups is 1. The molecule has 1 aromatic carbocycles. The number of fused-ring (bicyclic) bond motifs is 1. The number of carbonyl (C=O) groups excluding carboxylic acids is 2. The highest BCUT2D eigenvalue weighted by atomic mass is 32.1. The normalized spacial score (nSPS) is 20.0. The molecule has 2 amide bonds. The van der Waals surface area contributed by atoms with Crippen LogP contribution in [0.5, 0.6) is 0 Å². The van der Waals surface area contributed by atoms with E-state index in [0.29, 0.717) is 35.9 Å². The van der Waals surface area contributed by atoms with Gasteiger partial charge in [0.25, 0.3) is 11.5 Å². The molecule has 0 aliphatic carbocycles. The van der Waals surface area contributed by atoms with Crippen molar-refractivity contribution in [1.82, 2.24) is 20.6 Å². The standard InChI is InChI=1S/C19H24N4O5S/c1-9(2)7-14(17(26)20-12-5-6-28-18(12)27)21-15(24)10-3-4-11-13(8-10)22-19(29)23-16(11)25/h3-4,8-9,12,14,18,27H,5-7H2,1-2H3,(H,20,26)(H,21,24)(H2,22,23,25,29)/t12-,14?,18-/m0/s1. The molecule has 2 heterocycles. The molecule has 0 radical (unpaired) electrons. The van der Waals surface area contributed by atoms with Gasteiger partial charge in [0, 0.05) is 5.56 Å². The Hall–Kier alpha value is -2.56. The lowest BCUT2D eigenvalue weighted by Gasteiger charge is -2.23. The Morgan fingerprint density at radius 1 is 1.34 bits per heavy atom. The molecule has 0 spiro atoms. The molecule has 1 unspecified atom stereocenters. The zero-order chi connectivity index (χ0) is 21.1. The molecule has 9 nitrogen and oxygen atoms in total. The van der Waals surface area contributed by atoms with Gasteiger partial charge >= 0.3 is 0 Å². The first-order valence-electron chi connectivity index (χ1n) is 9.42. The Bertz CT molecular complexity index is 1030. The number of aromatic nitrogens is 2. The number of aliphatic hydroxyl groups excluding tert-OH is 1. The summed E-state index contributed by atoms with van der Waals surface area (Å²) >= 11 is 4.97. The fourth-order valence-corrected chi connectivity index (χ4v) is 3.46. The summed E-state index contributed by atoms with van der Waals surface area (Å²) in [4.78, 5) is 42.7. The third kappa shape index (κ3) is 5.08. The second kappa shape index (κ2) is 8.85. The molecule has 5 N–H and O–H groups in total. The molecule has 0 bridgehead atoms. The Morgan fingerprint density at radius 3 is 2.76 bits per heavy atom. The van der Waals surface area contributed by atoms with Crippen LogP contribution in [0, 0.1) is 10.7 Å². The van der Waals surface area contributed by atoms with Gasteiger partial charge in [0.05, 0.1) is 23.6 Å². The Balaban J connectivity index is 1.78. The maximum Gasteiger partial charge on any atom is 0.259 e. The smallest absolute Gasteiger partial charge is 0.259 e. The van der Waals surface area contributed by atoms with Crippen molar-refractivity contribution in [2.24, 2.45) is 5.92 Å². The third-order valence-corrected chi connectivity index (χ3v) is 4.92. The number of benzene rings is 1. The van der Waals surface area contributed by atoms with Crippen molar-refractivity contribution in [3.8, 4) is 0 Å². The second-order valence-corrected chi connectivity index (χ2v) is 7.90. The van der Waals surface area contributed by atoms with E-state index in [2.05, 4.69) is 20.6 Å². The van der Waals surface area contributed by atoms with Crippen molar-refractivity contribution in [3.05, 3.63) is 38.9 Å². The molecular weight excluding hydrogens is 396 g/mol. The molecule has 2 aromatic rings. The topological polar surface area (TPSA) is 136 Å². The van der Waals surface area contributed by atoms with Crippen molar-refractivity contribution in [1.29, 1.82) is 0 Å². The summed E-state index contributed by atoms with van der Waals surface area (Å²) < 4.78 is 5.21. The minimum atomic E-state index is -1.05. The quantitative estimate of drug-likeness (QED) is 0.442. The molecular formula is C19H24N4O5S. The summed E-state index contributed by atoms with van der Waals surface area (Å²) in [5, 5.41) is 15.6. The number of amides is 2. The maximum absolute atomic E-state index is 12.8. The van der Waals surface area contributed by atoms with Gasteiger partial charge in [0.15, 0.2) is 11.1 Å². The zero-order valence-corrected chi connectivity index (χ0v) is 17.0. The number of nitrogens with one attached hydrogen (secondary N) is 4. The molecule has 10 heteroatoms. The first-order chi connectivity index (χ1) is 13.7. The molecule has 1 saturated heterocycles.